The Morgan fingerprint density at radius 3 is 1.65 bits per heavy atom. The van der Waals surface area contributed by atoms with Crippen LogP contribution in [0.1, 0.15) is 61.8 Å². The zero-order valence-corrected chi connectivity index (χ0v) is 21.6. The van der Waals surface area contributed by atoms with Crippen molar-refractivity contribution < 1.29 is 14.0 Å². The lowest BCUT2D eigenvalue weighted by atomic mass is 9.86. The second kappa shape index (κ2) is 9.04. The Balaban J connectivity index is 5.42. The molecule has 5 heteroatoms. The van der Waals surface area contributed by atoms with Crippen LogP contribution in [0.5, 0.6) is 0 Å². The first kappa shape index (κ1) is 26.1. The van der Waals surface area contributed by atoms with Crippen LogP contribution in [0.25, 0.3) is 0 Å². The molecule has 156 valence electrons. The van der Waals surface area contributed by atoms with E-state index in [0.29, 0.717) is 6.61 Å². The second-order valence-electron chi connectivity index (χ2n) is 11.3. The highest BCUT2D eigenvalue weighted by molar-refractivity contribution is 6.74. The maximum atomic E-state index is 9.11. The van der Waals surface area contributed by atoms with Crippen molar-refractivity contribution in [3.05, 3.63) is 12.2 Å². The quantitative estimate of drug-likeness (QED) is 0.360. The summed E-state index contributed by atoms with van der Waals surface area (Å²) in [6.45, 7) is 28.2. The molecule has 26 heavy (non-hydrogen) atoms. The molecular weight excluding hydrogens is 356 g/mol. The monoisotopic (exact) mass is 402 g/mol. The molecule has 0 amide bonds. The van der Waals surface area contributed by atoms with Crippen LogP contribution in [-0.2, 0) is 8.85 Å². The Morgan fingerprint density at radius 1 is 0.808 bits per heavy atom. The number of hydrogen-bond acceptors (Lipinski definition) is 3. The van der Waals surface area contributed by atoms with Gasteiger partial charge in [0.25, 0.3) is 0 Å². The predicted molar refractivity (Wildman–Crippen MR) is 120 cm³/mol. The van der Waals surface area contributed by atoms with Gasteiger partial charge < -0.3 is 14.0 Å². The van der Waals surface area contributed by atoms with Gasteiger partial charge in [-0.25, -0.2) is 0 Å². The molecule has 0 radical (unpaired) electrons. The number of aliphatic hydroxyl groups excluding tert-OH is 1. The van der Waals surface area contributed by atoms with E-state index in [0.717, 1.165) is 6.42 Å². The highest BCUT2D eigenvalue weighted by atomic mass is 28.4. The first-order valence-corrected chi connectivity index (χ1v) is 15.8. The van der Waals surface area contributed by atoms with Gasteiger partial charge in [0, 0.05) is 12.0 Å². The summed E-state index contributed by atoms with van der Waals surface area (Å²) < 4.78 is 13.4. The highest BCUT2D eigenvalue weighted by Gasteiger charge is 2.44. The molecule has 0 aromatic rings. The summed E-state index contributed by atoms with van der Waals surface area (Å²) in [6, 6.07) is 0. The third kappa shape index (κ3) is 7.59. The van der Waals surface area contributed by atoms with Crippen LogP contribution in [0.4, 0.5) is 0 Å². The van der Waals surface area contributed by atoms with Gasteiger partial charge in [0.2, 0.25) is 0 Å². The van der Waals surface area contributed by atoms with Crippen LogP contribution in [0.3, 0.4) is 0 Å². The molecule has 1 atom stereocenters. The van der Waals surface area contributed by atoms with Gasteiger partial charge in [0.1, 0.15) is 0 Å². The van der Waals surface area contributed by atoms with Crippen LogP contribution in [0.15, 0.2) is 12.2 Å². The average molecular weight is 403 g/mol. The van der Waals surface area contributed by atoms with Gasteiger partial charge in [0.05, 0.1) is 12.7 Å². The van der Waals surface area contributed by atoms with E-state index < -0.39 is 16.6 Å². The number of hydrogen-bond donors (Lipinski definition) is 1. The minimum atomic E-state index is -1.89. The summed E-state index contributed by atoms with van der Waals surface area (Å²) in [5.41, 5.74) is -0.0924. The van der Waals surface area contributed by atoms with Gasteiger partial charge in [0.15, 0.2) is 16.6 Å². The van der Waals surface area contributed by atoms with Crippen molar-refractivity contribution in [1.82, 2.24) is 0 Å². The second-order valence-corrected chi connectivity index (χ2v) is 20.9. The zero-order chi connectivity index (χ0) is 21.0. The standard InChI is InChI=1S/C21H46O3Si2/c1-19(2,3)25(9,10)23-17-21(7,8)18(15-13-14-16-22)24-26(11,12)20(4,5)6/h13-14,18,22H,15-17H2,1-12H3/b14-13+/t18-/m1/s1. The van der Waals surface area contributed by atoms with Crippen LogP contribution >= 0.6 is 0 Å². The van der Waals surface area contributed by atoms with E-state index in [1.165, 1.54) is 0 Å². The van der Waals surface area contributed by atoms with Gasteiger partial charge >= 0.3 is 0 Å². The Kier molecular flexibility index (Phi) is 9.05. The molecule has 0 aliphatic carbocycles. The van der Waals surface area contributed by atoms with Crippen molar-refractivity contribution in [3.8, 4) is 0 Å². The largest absolute Gasteiger partial charge is 0.416 e. The summed E-state index contributed by atoms with van der Waals surface area (Å²) in [5.74, 6) is 0. The molecule has 1 N–H and O–H groups in total. The van der Waals surface area contributed by atoms with Crippen molar-refractivity contribution in [2.75, 3.05) is 13.2 Å². The Bertz CT molecular complexity index is 455. The Labute approximate surface area is 165 Å². The molecule has 0 aromatic carbocycles. The van der Waals surface area contributed by atoms with Crippen molar-refractivity contribution >= 4 is 16.6 Å². The molecule has 0 rings (SSSR count). The van der Waals surface area contributed by atoms with Crippen LogP contribution in [0.2, 0.25) is 36.3 Å². The SMILES string of the molecule is CC(C)(CO[Si](C)(C)C(C)(C)C)[C@@H](C/C=C/CO)O[Si](C)(C)C(C)(C)C. The molecule has 0 saturated heterocycles. The van der Waals surface area contributed by atoms with Gasteiger partial charge in [-0.05, 0) is 42.7 Å². The van der Waals surface area contributed by atoms with Crippen molar-refractivity contribution in [3.63, 3.8) is 0 Å². The van der Waals surface area contributed by atoms with Gasteiger partial charge in [-0.2, -0.15) is 0 Å². The van der Waals surface area contributed by atoms with Gasteiger partial charge in [-0.3, -0.25) is 0 Å². The fourth-order valence-corrected chi connectivity index (χ4v) is 4.68. The summed E-state index contributed by atoms with van der Waals surface area (Å²) >= 11 is 0. The number of rotatable bonds is 9. The smallest absolute Gasteiger partial charge is 0.192 e. The molecule has 3 nitrogen and oxygen atoms in total. The fourth-order valence-electron chi connectivity index (χ4n) is 2.03. The third-order valence-electron chi connectivity index (χ3n) is 6.35. The third-order valence-corrected chi connectivity index (χ3v) is 15.3. The molecule has 0 saturated carbocycles. The average Bonchev–Trinajstić information content (AvgIpc) is 2.42. The minimum Gasteiger partial charge on any atom is -0.416 e. The molecule has 0 fully saturated rings. The molecule has 0 aliphatic rings. The maximum absolute atomic E-state index is 9.11. The number of aliphatic hydroxyl groups is 1. The lowest BCUT2D eigenvalue weighted by molar-refractivity contribution is 0.0219. The summed E-state index contributed by atoms with van der Waals surface area (Å²) in [5, 5.41) is 9.48. The van der Waals surface area contributed by atoms with Crippen LogP contribution < -0.4 is 0 Å². The molecule has 0 aliphatic heterocycles. The Morgan fingerprint density at radius 2 is 1.27 bits per heavy atom. The zero-order valence-electron chi connectivity index (χ0n) is 19.6. The first-order chi connectivity index (χ1) is 11.4. The van der Waals surface area contributed by atoms with E-state index in [9.17, 15) is 0 Å². The molecule has 0 spiro atoms. The van der Waals surface area contributed by atoms with E-state index >= 15 is 0 Å². The summed E-state index contributed by atoms with van der Waals surface area (Å²) in [4.78, 5) is 0. The van der Waals surface area contributed by atoms with Gasteiger partial charge in [-0.1, -0.05) is 67.5 Å². The summed E-state index contributed by atoms with van der Waals surface area (Å²) in [6.07, 6.45) is 4.75. The van der Waals surface area contributed by atoms with E-state index in [1.807, 2.05) is 12.2 Å². The van der Waals surface area contributed by atoms with E-state index in [4.69, 9.17) is 14.0 Å². The van der Waals surface area contributed by atoms with Crippen LogP contribution in [0, 0.1) is 5.41 Å². The van der Waals surface area contributed by atoms with Gasteiger partial charge in [-0.15, -0.1) is 0 Å². The van der Waals surface area contributed by atoms with Crippen molar-refractivity contribution in [1.29, 1.82) is 0 Å². The highest BCUT2D eigenvalue weighted by Crippen LogP contribution is 2.42. The van der Waals surface area contributed by atoms with E-state index in [1.54, 1.807) is 0 Å². The normalized spacial score (nSPS) is 16.3. The minimum absolute atomic E-state index is 0.0771. The maximum Gasteiger partial charge on any atom is 0.192 e. The summed E-state index contributed by atoms with van der Waals surface area (Å²) in [7, 11) is -3.69. The molecular formula is C21H46O3Si2. The first-order valence-electron chi connectivity index (χ1n) is 9.95. The van der Waals surface area contributed by atoms with Crippen molar-refractivity contribution in [2.24, 2.45) is 5.41 Å². The van der Waals surface area contributed by atoms with E-state index in [-0.39, 0.29) is 28.2 Å². The molecule has 0 aromatic heterocycles. The Hall–Kier alpha value is 0.0538. The lowest BCUT2D eigenvalue weighted by Crippen LogP contribution is -2.50. The topological polar surface area (TPSA) is 38.7 Å². The lowest BCUT2D eigenvalue weighted by Gasteiger charge is -2.46. The molecule has 0 bridgehead atoms. The van der Waals surface area contributed by atoms with E-state index in [2.05, 4.69) is 81.6 Å². The predicted octanol–water partition coefficient (Wildman–Crippen LogP) is 6.36. The molecule has 0 heterocycles. The molecule has 0 unspecified atom stereocenters. The fraction of sp³-hybridized carbons (Fsp3) is 0.905. The van der Waals surface area contributed by atoms with Crippen molar-refractivity contribution in [2.45, 2.75) is 104 Å². The van der Waals surface area contributed by atoms with Crippen LogP contribution in [-0.4, -0.2) is 41.1 Å².